The maximum Gasteiger partial charge on any atom is 0.193 e. The second kappa shape index (κ2) is 6.63. The van der Waals surface area contributed by atoms with Gasteiger partial charge in [-0.3, -0.25) is 4.99 Å². The van der Waals surface area contributed by atoms with Gasteiger partial charge in [0.2, 0.25) is 0 Å². The van der Waals surface area contributed by atoms with Crippen LogP contribution in [0.5, 0.6) is 0 Å². The first kappa shape index (κ1) is 15.8. The van der Waals surface area contributed by atoms with Crippen LogP contribution in [0.4, 0.5) is 5.69 Å². The summed E-state index contributed by atoms with van der Waals surface area (Å²) in [4.78, 5) is 7.94. The van der Waals surface area contributed by atoms with Crippen LogP contribution in [0.15, 0.2) is 47.5 Å². The summed E-state index contributed by atoms with van der Waals surface area (Å²) in [7, 11) is 0. The number of rotatable bonds is 4. The zero-order chi connectivity index (χ0) is 17.2. The fraction of sp³-hybridized carbons (Fsp3) is 0.286. The molecule has 0 amide bonds. The first-order valence-corrected chi connectivity index (χ1v) is 8.95. The average Bonchev–Trinajstić information content (AvgIpc) is 3.19. The van der Waals surface area contributed by atoms with Crippen LogP contribution < -0.4 is 11.1 Å². The number of H-pyrrole nitrogens is 1. The Labute approximate surface area is 148 Å². The number of hydrogen-bond donors (Lipinski definition) is 3. The maximum atomic E-state index is 6.07. The van der Waals surface area contributed by atoms with Gasteiger partial charge in [-0.15, -0.1) is 0 Å². The SMILES string of the molecule is Cc1[nH]c2ccccc2c1CCN=C(N)Nc1ccc2c(c1)CCC2. The van der Waals surface area contributed by atoms with Gasteiger partial charge >= 0.3 is 0 Å². The Morgan fingerprint density at radius 1 is 1.16 bits per heavy atom. The maximum absolute atomic E-state index is 6.07. The normalized spacial score (nSPS) is 14.0. The number of nitrogens with zero attached hydrogens (tertiary/aromatic N) is 1. The summed E-state index contributed by atoms with van der Waals surface area (Å²) in [6.07, 6.45) is 4.50. The predicted molar refractivity (Wildman–Crippen MR) is 105 cm³/mol. The summed E-state index contributed by atoms with van der Waals surface area (Å²) in [6.45, 7) is 2.79. The van der Waals surface area contributed by atoms with Crippen LogP contribution in [0.3, 0.4) is 0 Å². The second-order valence-electron chi connectivity index (χ2n) is 6.75. The fourth-order valence-corrected chi connectivity index (χ4v) is 3.78. The van der Waals surface area contributed by atoms with E-state index in [1.54, 1.807) is 0 Å². The minimum absolute atomic E-state index is 0.482. The van der Waals surface area contributed by atoms with Crippen molar-refractivity contribution in [1.29, 1.82) is 0 Å². The third-order valence-corrected chi connectivity index (χ3v) is 5.04. The molecule has 0 unspecified atom stereocenters. The van der Waals surface area contributed by atoms with Gasteiger partial charge in [-0.2, -0.15) is 0 Å². The van der Waals surface area contributed by atoms with Crippen LogP contribution in [0.1, 0.15) is 28.8 Å². The van der Waals surface area contributed by atoms with E-state index in [9.17, 15) is 0 Å². The Morgan fingerprint density at radius 3 is 2.92 bits per heavy atom. The van der Waals surface area contributed by atoms with E-state index in [2.05, 4.69) is 64.7 Å². The highest BCUT2D eigenvalue weighted by molar-refractivity contribution is 5.92. The molecule has 4 nitrogen and oxygen atoms in total. The van der Waals surface area contributed by atoms with Gasteiger partial charge in [-0.1, -0.05) is 24.3 Å². The number of aromatic amines is 1. The molecule has 4 rings (SSSR count). The predicted octanol–water partition coefficient (Wildman–Crippen LogP) is 3.93. The molecule has 1 aliphatic carbocycles. The van der Waals surface area contributed by atoms with Gasteiger partial charge in [0.25, 0.3) is 0 Å². The molecular weight excluding hydrogens is 308 g/mol. The molecule has 0 saturated carbocycles. The molecule has 0 aliphatic heterocycles. The molecule has 1 aromatic heterocycles. The summed E-state index contributed by atoms with van der Waals surface area (Å²) in [5.74, 6) is 0.482. The highest BCUT2D eigenvalue weighted by atomic mass is 15.1. The van der Waals surface area contributed by atoms with Crippen molar-refractivity contribution in [2.24, 2.45) is 10.7 Å². The molecular formula is C21H24N4. The Kier molecular flexibility index (Phi) is 4.18. The zero-order valence-corrected chi connectivity index (χ0v) is 14.6. The van der Waals surface area contributed by atoms with E-state index in [0.717, 1.165) is 12.1 Å². The van der Waals surface area contributed by atoms with Crippen molar-refractivity contribution in [1.82, 2.24) is 4.98 Å². The largest absolute Gasteiger partial charge is 0.370 e. The Balaban J connectivity index is 1.42. The van der Waals surface area contributed by atoms with Crippen molar-refractivity contribution in [2.75, 3.05) is 11.9 Å². The lowest BCUT2D eigenvalue weighted by atomic mass is 10.1. The highest BCUT2D eigenvalue weighted by Crippen LogP contribution is 2.25. The molecule has 0 atom stereocenters. The van der Waals surface area contributed by atoms with E-state index in [-0.39, 0.29) is 0 Å². The lowest BCUT2D eigenvalue weighted by Gasteiger charge is -2.08. The topological polar surface area (TPSA) is 66.2 Å². The molecule has 4 heteroatoms. The Morgan fingerprint density at radius 2 is 2.00 bits per heavy atom. The average molecular weight is 332 g/mol. The van der Waals surface area contributed by atoms with Crippen LogP contribution in [0, 0.1) is 6.92 Å². The summed E-state index contributed by atoms with van der Waals surface area (Å²) in [6, 6.07) is 14.9. The van der Waals surface area contributed by atoms with Crippen LogP contribution in [0.25, 0.3) is 10.9 Å². The second-order valence-corrected chi connectivity index (χ2v) is 6.75. The molecule has 0 spiro atoms. The number of guanidine groups is 1. The van der Waals surface area contributed by atoms with E-state index < -0.39 is 0 Å². The number of aromatic nitrogens is 1. The van der Waals surface area contributed by atoms with Gasteiger partial charge in [-0.25, -0.2) is 0 Å². The summed E-state index contributed by atoms with van der Waals surface area (Å²) < 4.78 is 0. The molecule has 25 heavy (non-hydrogen) atoms. The lowest BCUT2D eigenvalue weighted by molar-refractivity contribution is 0.912. The van der Waals surface area contributed by atoms with Crippen LogP contribution in [0.2, 0.25) is 0 Å². The first-order valence-electron chi connectivity index (χ1n) is 8.95. The van der Waals surface area contributed by atoms with Crippen molar-refractivity contribution >= 4 is 22.5 Å². The number of para-hydroxylation sites is 1. The number of anilines is 1. The molecule has 1 heterocycles. The zero-order valence-electron chi connectivity index (χ0n) is 14.6. The van der Waals surface area contributed by atoms with Crippen LogP contribution in [-0.2, 0) is 19.3 Å². The van der Waals surface area contributed by atoms with Gasteiger partial charge in [0.1, 0.15) is 0 Å². The molecule has 0 radical (unpaired) electrons. The molecule has 0 bridgehead atoms. The molecule has 128 valence electrons. The van der Waals surface area contributed by atoms with Crippen molar-refractivity contribution in [3.63, 3.8) is 0 Å². The molecule has 1 aliphatic rings. The van der Waals surface area contributed by atoms with E-state index in [1.165, 1.54) is 52.5 Å². The third kappa shape index (κ3) is 3.25. The van der Waals surface area contributed by atoms with Gasteiger partial charge in [0.05, 0.1) is 0 Å². The number of fused-ring (bicyclic) bond motifs is 2. The fourth-order valence-electron chi connectivity index (χ4n) is 3.78. The van der Waals surface area contributed by atoms with E-state index in [4.69, 9.17) is 5.73 Å². The Hall–Kier alpha value is -2.75. The number of nitrogens with two attached hydrogens (primary N) is 1. The number of aryl methyl sites for hydroxylation is 3. The van der Waals surface area contributed by atoms with Crippen molar-refractivity contribution < 1.29 is 0 Å². The number of hydrogen-bond acceptors (Lipinski definition) is 1. The molecule has 3 aromatic rings. The smallest absolute Gasteiger partial charge is 0.193 e. The monoisotopic (exact) mass is 332 g/mol. The minimum atomic E-state index is 0.482. The van der Waals surface area contributed by atoms with Gasteiger partial charge in [-0.05, 0) is 67.5 Å². The van der Waals surface area contributed by atoms with Crippen molar-refractivity contribution in [3.05, 3.63) is 64.8 Å². The molecule has 4 N–H and O–H groups in total. The number of nitrogens with one attached hydrogen (secondary N) is 2. The van der Waals surface area contributed by atoms with Crippen LogP contribution in [-0.4, -0.2) is 17.5 Å². The van der Waals surface area contributed by atoms with E-state index >= 15 is 0 Å². The summed E-state index contributed by atoms with van der Waals surface area (Å²) in [5.41, 5.74) is 13.7. The van der Waals surface area contributed by atoms with E-state index in [0.29, 0.717) is 12.5 Å². The van der Waals surface area contributed by atoms with Gasteiger partial charge in [0, 0.05) is 28.8 Å². The van der Waals surface area contributed by atoms with Gasteiger partial charge in [0.15, 0.2) is 5.96 Å². The lowest BCUT2D eigenvalue weighted by Crippen LogP contribution is -2.23. The van der Waals surface area contributed by atoms with E-state index in [1.807, 2.05) is 0 Å². The standard InChI is InChI=1S/C21H24N4/c1-14-18(19-7-2-3-8-20(19)24-14)11-12-23-21(22)25-17-10-9-15-5-4-6-16(15)13-17/h2-3,7-10,13,24H,4-6,11-12H2,1H3,(H3,22,23,25). The van der Waals surface area contributed by atoms with Crippen molar-refractivity contribution in [3.8, 4) is 0 Å². The highest BCUT2D eigenvalue weighted by Gasteiger charge is 2.11. The van der Waals surface area contributed by atoms with Crippen molar-refractivity contribution in [2.45, 2.75) is 32.6 Å². The summed E-state index contributed by atoms with van der Waals surface area (Å²) >= 11 is 0. The first-order chi connectivity index (χ1) is 12.2. The summed E-state index contributed by atoms with van der Waals surface area (Å²) in [5, 5.41) is 4.50. The minimum Gasteiger partial charge on any atom is -0.370 e. The molecule has 0 saturated heterocycles. The van der Waals surface area contributed by atoms with Gasteiger partial charge < -0.3 is 16.0 Å². The molecule has 0 fully saturated rings. The number of aliphatic imine (C=N–C) groups is 1. The Bertz CT molecular complexity index is 936. The quantitative estimate of drug-likeness (QED) is 0.500. The van der Waals surface area contributed by atoms with Crippen LogP contribution >= 0.6 is 0 Å². The number of benzene rings is 2. The molecule has 2 aromatic carbocycles. The third-order valence-electron chi connectivity index (χ3n) is 5.04.